The van der Waals surface area contributed by atoms with Gasteiger partial charge in [0.15, 0.2) is 5.15 Å². The molecule has 12 heavy (non-hydrogen) atoms. The first-order valence-corrected chi connectivity index (χ1v) is 3.81. The van der Waals surface area contributed by atoms with E-state index in [-0.39, 0.29) is 16.9 Å². The molecule has 1 aromatic rings. The third-order valence-electron chi connectivity index (χ3n) is 1.21. The zero-order valence-electron chi connectivity index (χ0n) is 6.25. The van der Waals surface area contributed by atoms with Crippen molar-refractivity contribution in [2.24, 2.45) is 0 Å². The topological polar surface area (TPSA) is 44.1 Å². The molecule has 0 bridgehead atoms. The number of rotatable bonds is 2. The highest BCUT2D eigenvalue weighted by Gasteiger charge is 2.05. The average molecular weight is 209 g/mol. The molecule has 0 saturated heterocycles. The highest BCUT2D eigenvalue weighted by molar-refractivity contribution is 6.40. The second-order valence-electron chi connectivity index (χ2n) is 2.04. The van der Waals surface area contributed by atoms with Gasteiger partial charge in [-0.15, -0.1) is 0 Å². The molecule has 1 aromatic heterocycles. The van der Waals surface area contributed by atoms with Gasteiger partial charge in [-0.25, -0.2) is 4.98 Å². The lowest BCUT2D eigenvalue weighted by atomic mass is 10.6. The van der Waals surface area contributed by atoms with Gasteiger partial charge in [0.05, 0.1) is 0 Å². The normalized spacial score (nSPS) is 10.2. The van der Waals surface area contributed by atoms with Gasteiger partial charge in [0, 0.05) is 7.11 Å². The first kappa shape index (κ1) is 9.51. The van der Waals surface area contributed by atoms with Crippen LogP contribution < -0.4 is 5.56 Å². The van der Waals surface area contributed by atoms with Gasteiger partial charge >= 0.3 is 0 Å². The maximum absolute atomic E-state index is 11.2. The summed E-state index contributed by atoms with van der Waals surface area (Å²) in [5, 5.41) is -0.0785. The van der Waals surface area contributed by atoms with Crippen molar-refractivity contribution in [3.63, 3.8) is 0 Å². The van der Waals surface area contributed by atoms with Gasteiger partial charge < -0.3 is 4.74 Å². The summed E-state index contributed by atoms with van der Waals surface area (Å²) in [7, 11) is 1.47. The van der Waals surface area contributed by atoms with Crippen LogP contribution in [-0.4, -0.2) is 16.7 Å². The van der Waals surface area contributed by atoms with Crippen LogP contribution in [-0.2, 0) is 11.5 Å². The van der Waals surface area contributed by atoms with E-state index in [1.807, 2.05) is 0 Å². The van der Waals surface area contributed by atoms with E-state index >= 15 is 0 Å². The summed E-state index contributed by atoms with van der Waals surface area (Å²) in [6, 6.07) is 0. The fourth-order valence-electron chi connectivity index (χ4n) is 0.675. The molecule has 0 N–H and O–H groups in total. The Labute approximate surface area is 78.7 Å². The van der Waals surface area contributed by atoms with Gasteiger partial charge in [-0.2, -0.15) is 0 Å². The van der Waals surface area contributed by atoms with Crippen LogP contribution in [0.4, 0.5) is 0 Å². The van der Waals surface area contributed by atoms with E-state index in [0.29, 0.717) is 0 Å². The van der Waals surface area contributed by atoms with E-state index in [1.54, 1.807) is 0 Å². The molecular weight excluding hydrogens is 203 g/mol. The van der Waals surface area contributed by atoms with Crippen LogP contribution in [0.5, 0.6) is 0 Å². The lowest BCUT2D eigenvalue weighted by Crippen LogP contribution is -2.21. The van der Waals surface area contributed by atoms with Crippen LogP contribution >= 0.6 is 23.2 Å². The third kappa shape index (κ3) is 1.77. The molecule has 0 atom stereocenters. The van der Waals surface area contributed by atoms with Crippen LogP contribution in [0.1, 0.15) is 0 Å². The highest BCUT2D eigenvalue weighted by atomic mass is 35.5. The molecule has 66 valence electrons. The molecule has 6 heteroatoms. The third-order valence-corrected chi connectivity index (χ3v) is 1.93. The van der Waals surface area contributed by atoms with Crippen LogP contribution in [0.25, 0.3) is 0 Å². The second kappa shape index (κ2) is 3.89. The fraction of sp³-hybridized carbons (Fsp3) is 0.333. The minimum atomic E-state index is -0.404. The van der Waals surface area contributed by atoms with Crippen LogP contribution in [0.3, 0.4) is 0 Å². The predicted molar refractivity (Wildman–Crippen MR) is 45.5 cm³/mol. The quantitative estimate of drug-likeness (QED) is 0.686. The minimum Gasteiger partial charge on any atom is -0.364 e. The monoisotopic (exact) mass is 208 g/mol. The molecule has 0 aliphatic rings. The van der Waals surface area contributed by atoms with Crippen LogP contribution in [0, 0.1) is 0 Å². The molecule has 1 heterocycles. The molecular formula is C6H6Cl2N2O2. The van der Waals surface area contributed by atoms with Gasteiger partial charge in [0.25, 0.3) is 5.56 Å². The van der Waals surface area contributed by atoms with E-state index < -0.39 is 5.56 Å². The number of hydrogen-bond acceptors (Lipinski definition) is 3. The molecule has 0 aliphatic carbocycles. The molecule has 1 rings (SSSR count). The van der Waals surface area contributed by atoms with Gasteiger partial charge in [-0.1, -0.05) is 23.2 Å². The lowest BCUT2D eigenvalue weighted by Gasteiger charge is -2.03. The van der Waals surface area contributed by atoms with E-state index in [4.69, 9.17) is 27.9 Å². The summed E-state index contributed by atoms with van der Waals surface area (Å²) in [5.41, 5.74) is -0.404. The Bertz CT molecular complexity index is 337. The smallest absolute Gasteiger partial charge is 0.275 e. The summed E-state index contributed by atoms with van der Waals surface area (Å²) in [5.74, 6) is 0. The maximum atomic E-state index is 11.2. The summed E-state index contributed by atoms with van der Waals surface area (Å²) in [4.78, 5) is 14.9. The highest BCUT2D eigenvalue weighted by Crippen LogP contribution is 2.12. The van der Waals surface area contributed by atoms with Gasteiger partial charge in [-0.3, -0.25) is 9.36 Å². The number of methoxy groups -OCH3 is 1. The lowest BCUT2D eigenvalue weighted by molar-refractivity contribution is 0.127. The van der Waals surface area contributed by atoms with Crippen LogP contribution in [0.15, 0.2) is 11.1 Å². The van der Waals surface area contributed by atoms with Gasteiger partial charge in [-0.05, 0) is 0 Å². The number of hydrogen-bond donors (Lipinski definition) is 0. The predicted octanol–water partition coefficient (Wildman–Crippen LogP) is 1.15. The van der Waals surface area contributed by atoms with Gasteiger partial charge in [0.2, 0.25) is 0 Å². The minimum absolute atomic E-state index is 0.00835. The zero-order chi connectivity index (χ0) is 9.14. The SMILES string of the molecule is COCn1cnc(Cl)c(Cl)c1=O. The van der Waals surface area contributed by atoms with E-state index in [2.05, 4.69) is 4.98 Å². The van der Waals surface area contributed by atoms with Crippen LogP contribution in [0.2, 0.25) is 10.2 Å². The van der Waals surface area contributed by atoms with Crippen molar-refractivity contribution in [1.82, 2.24) is 9.55 Å². The van der Waals surface area contributed by atoms with Crippen molar-refractivity contribution >= 4 is 23.2 Å². The Hall–Kier alpha value is -0.580. The summed E-state index contributed by atoms with van der Waals surface area (Å²) < 4.78 is 5.94. The Kier molecular flexibility index (Phi) is 3.08. The number of nitrogens with zero attached hydrogens (tertiary/aromatic N) is 2. The number of ether oxygens (including phenoxy) is 1. The van der Waals surface area contributed by atoms with E-state index in [0.717, 1.165) is 0 Å². The Morgan fingerprint density at radius 3 is 2.92 bits per heavy atom. The van der Waals surface area contributed by atoms with Crippen molar-refractivity contribution in [3.8, 4) is 0 Å². The molecule has 0 spiro atoms. The largest absolute Gasteiger partial charge is 0.364 e. The Morgan fingerprint density at radius 2 is 2.33 bits per heavy atom. The standard InChI is InChI=1S/C6H6Cl2N2O2/c1-12-3-10-2-9-5(8)4(7)6(10)11/h2H,3H2,1H3. The molecule has 0 aliphatic heterocycles. The average Bonchev–Trinajstić information content (AvgIpc) is 2.07. The fourth-order valence-corrected chi connectivity index (χ4v) is 0.957. The Balaban J connectivity index is 3.18. The van der Waals surface area contributed by atoms with Crippen molar-refractivity contribution in [2.75, 3.05) is 7.11 Å². The first-order valence-electron chi connectivity index (χ1n) is 3.06. The summed E-state index contributed by atoms with van der Waals surface area (Å²) >= 11 is 11.0. The molecule has 0 aromatic carbocycles. The summed E-state index contributed by atoms with van der Waals surface area (Å²) in [6.07, 6.45) is 1.28. The van der Waals surface area contributed by atoms with E-state index in [1.165, 1.54) is 18.0 Å². The first-order chi connectivity index (χ1) is 5.66. The zero-order valence-corrected chi connectivity index (χ0v) is 7.76. The molecule has 0 saturated carbocycles. The Morgan fingerprint density at radius 1 is 1.67 bits per heavy atom. The van der Waals surface area contributed by atoms with Crippen molar-refractivity contribution in [2.45, 2.75) is 6.73 Å². The number of halogens is 2. The van der Waals surface area contributed by atoms with Gasteiger partial charge in [0.1, 0.15) is 18.1 Å². The summed E-state index contributed by atoms with van der Waals surface area (Å²) in [6.45, 7) is 0.114. The van der Waals surface area contributed by atoms with Crippen molar-refractivity contribution in [3.05, 3.63) is 26.9 Å². The molecule has 4 nitrogen and oxygen atoms in total. The molecule has 0 unspecified atom stereocenters. The van der Waals surface area contributed by atoms with Crippen molar-refractivity contribution in [1.29, 1.82) is 0 Å². The maximum Gasteiger partial charge on any atom is 0.275 e. The van der Waals surface area contributed by atoms with Crippen molar-refractivity contribution < 1.29 is 4.74 Å². The molecule has 0 amide bonds. The molecule has 0 radical (unpaired) electrons. The second-order valence-corrected chi connectivity index (χ2v) is 2.78. The number of aromatic nitrogens is 2. The van der Waals surface area contributed by atoms with E-state index in [9.17, 15) is 4.79 Å². The molecule has 0 fully saturated rings.